The number of ether oxygens (including phenoxy) is 1. The topological polar surface area (TPSA) is 78.9 Å². The molecule has 0 aromatic carbocycles. The van der Waals surface area contributed by atoms with Gasteiger partial charge in [-0.3, -0.25) is 4.79 Å². The summed E-state index contributed by atoms with van der Waals surface area (Å²) in [5.41, 5.74) is -0.473. The first kappa shape index (κ1) is 18.0. The largest absolute Gasteiger partial charge is 0.481 e. The Bertz CT molecular complexity index is 433. The summed E-state index contributed by atoms with van der Waals surface area (Å²) in [5.74, 6) is -0.373. The fourth-order valence-corrected chi connectivity index (χ4v) is 3.85. The fraction of sp³-hybridized carbons (Fsp3) is 0.882. The number of carbonyl (C=O) groups is 2. The second-order valence-electron chi connectivity index (χ2n) is 7.68. The highest BCUT2D eigenvalue weighted by atomic mass is 16.6. The summed E-state index contributed by atoms with van der Waals surface area (Å²) in [7, 11) is 0. The normalized spacial score (nSPS) is 28.1. The first-order valence-corrected chi connectivity index (χ1v) is 8.73. The van der Waals surface area contributed by atoms with Gasteiger partial charge in [0.15, 0.2) is 0 Å². The zero-order valence-corrected chi connectivity index (χ0v) is 14.5. The highest BCUT2D eigenvalue weighted by Gasteiger charge is 2.41. The fourth-order valence-electron chi connectivity index (χ4n) is 3.85. The van der Waals surface area contributed by atoms with Crippen LogP contribution < -0.4 is 5.32 Å². The number of nitrogens with one attached hydrogen (secondary N) is 1. The minimum Gasteiger partial charge on any atom is -0.481 e. The number of carboxylic acid groups (broad SMARTS) is 1. The molecule has 1 heterocycles. The Morgan fingerprint density at radius 2 is 1.96 bits per heavy atom. The van der Waals surface area contributed by atoms with Gasteiger partial charge in [0.2, 0.25) is 0 Å². The summed E-state index contributed by atoms with van der Waals surface area (Å²) in [6, 6.07) is 0.525. The van der Waals surface area contributed by atoms with Crippen molar-refractivity contribution in [2.24, 2.45) is 5.92 Å². The van der Waals surface area contributed by atoms with Crippen molar-refractivity contribution in [2.75, 3.05) is 13.1 Å². The molecule has 2 fully saturated rings. The Kier molecular flexibility index (Phi) is 5.89. The van der Waals surface area contributed by atoms with Crippen LogP contribution in [-0.4, -0.2) is 52.8 Å². The Hall–Kier alpha value is -1.30. The van der Waals surface area contributed by atoms with E-state index in [4.69, 9.17) is 9.84 Å². The SMILES string of the molecule is CC(C)(C)OC(=O)N1CCCC1C1CCCC1NCCC(=O)O. The monoisotopic (exact) mass is 326 g/mol. The molecule has 6 heteroatoms. The Morgan fingerprint density at radius 1 is 1.22 bits per heavy atom. The van der Waals surface area contributed by atoms with Gasteiger partial charge in [0, 0.05) is 25.2 Å². The zero-order chi connectivity index (χ0) is 17.0. The molecule has 2 aliphatic rings. The van der Waals surface area contributed by atoms with Crippen molar-refractivity contribution in [3.8, 4) is 0 Å². The van der Waals surface area contributed by atoms with E-state index in [1.807, 2.05) is 25.7 Å². The van der Waals surface area contributed by atoms with E-state index in [0.717, 1.165) is 38.6 Å². The second-order valence-corrected chi connectivity index (χ2v) is 7.68. The predicted molar refractivity (Wildman–Crippen MR) is 87.3 cm³/mol. The van der Waals surface area contributed by atoms with E-state index in [1.165, 1.54) is 0 Å². The number of likely N-dealkylation sites (tertiary alicyclic amines) is 1. The Labute approximate surface area is 138 Å². The van der Waals surface area contributed by atoms with E-state index >= 15 is 0 Å². The van der Waals surface area contributed by atoms with Crippen LogP contribution >= 0.6 is 0 Å². The molecule has 3 unspecified atom stereocenters. The number of carbonyl (C=O) groups excluding carboxylic acids is 1. The zero-order valence-electron chi connectivity index (χ0n) is 14.5. The van der Waals surface area contributed by atoms with Gasteiger partial charge in [-0.25, -0.2) is 4.79 Å². The maximum absolute atomic E-state index is 12.4. The quantitative estimate of drug-likeness (QED) is 0.812. The molecule has 1 aliphatic heterocycles. The van der Waals surface area contributed by atoms with Crippen molar-refractivity contribution >= 4 is 12.1 Å². The minimum absolute atomic E-state index is 0.143. The van der Waals surface area contributed by atoms with E-state index < -0.39 is 11.6 Å². The second kappa shape index (κ2) is 7.51. The van der Waals surface area contributed by atoms with E-state index in [9.17, 15) is 9.59 Å². The van der Waals surface area contributed by atoms with Crippen LogP contribution in [0.25, 0.3) is 0 Å². The van der Waals surface area contributed by atoms with Gasteiger partial charge < -0.3 is 20.1 Å². The van der Waals surface area contributed by atoms with E-state index in [2.05, 4.69) is 5.32 Å². The molecule has 1 aliphatic carbocycles. The van der Waals surface area contributed by atoms with Crippen LogP contribution in [0.3, 0.4) is 0 Å². The molecule has 0 aromatic rings. The van der Waals surface area contributed by atoms with Gasteiger partial charge in [-0.15, -0.1) is 0 Å². The highest BCUT2D eigenvalue weighted by Crippen LogP contribution is 2.36. The molecule has 1 saturated carbocycles. The molecular formula is C17H30N2O4. The number of nitrogens with zero attached hydrogens (tertiary/aromatic N) is 1. The highest BCUT2D eigenvalue weighted by molar-refractivity contribution is 5.69. The average molecular weight is 326 g/mol. The van der Waals surface area contributed by atoms with Crippen LogP contribution in [0.2, 0.25) is 0 Å². The first-order chi connectivity index (χ1) is 10.8. The molecule has 0 spiro atoms. The number of hydrogen-bond acceptors (Lipinski definition) is 4. The van der Waals surface area contributed by atoms with Crippen molar-refractivity contribution in [1.82, 2.24) is 10.2 Å². The van der Waals surface area contributed by atoms with Crippen molar-refractivity contribution in [2.45, 2.75) is 77.0 Å². The molecule has 2 N–H and O–H groups in total. The molecule has 1 amide bonds. The number of rotatable bonds is 5. The summed E-state index contributed by atoms with van der Waals surface area (Å²) in [6.07, 6.45) is 5.25. The van der Waals surface area contributed by atoms with Crippen molar-refractivity contribution in [3.05, 3.63) is 0 Å². The number of aliphatic carboxylic acids is 1. The molecule has 6 nitrogen and oxygen atoms in total. The molecule has 23 heavy (non-hydrogen) atoms. The summed E-state index contributed by atoms with van der Waals surface area (Å²) >= 11 is 0. The lowest BCUT2D eigenvalue weighted by Crippen LogP contribution is -2.47. The van der Waals surface area contributed by atoms with Crippen LogP contribution in [0, 0.1) is 5.92 Å². The molecule has 3 atom stereocenters. The molecular weight excluding hydrogens is 296 g/mol. The lowest BCUT2D eigenvalue weighted by atomic mass is 9.92. The third kappa shape index (κ3) is 5.09. The lowest BCUT2D eigenvalue weighted by Gasteiger charge is -2.34. The number of carboxylic acids is 1. The van der Waals surface area contributed by atoms with Crippen molar-refractivity contribution in [3.63, 3.8) is 0 Å². The molecule has 2 rings (SSSR count). The van der Waals surface area contributed by atoms with Gasteiger partial charge in [0.1, 0.15) is 5.60 Å². The lowest BCUT2D eigenvalue weighted by molar-refractivity contribution is -0.136. The maximum Gasteiger partial charge on any atom is 0.410 e. The van der Waals surface area contributed by atoms with Crippen molar-refractivity contribution < 1.29 is 19.4 Å². The summed E-state index contributed by atoms with van der Waals surface area (Å²) in [4.78, 5) is 25.0. The third-order valence-corrected chi connectivity index (χ3v) is 4.74. The molecule has 132 valence electrons. The molecule has 1 saturated heterocycles. The van der Waals surface area contributed by atoms with Crippen LogP contribution in [0.4, 0.5) is 4.79 Å². The standard InChI is InChI=1S/C17H30N2O4/c1-17(2,3)23-16(22)19-11-5-8-14(19)12-6-4-7-13(12)18-10-9-15(20)21/h12-14,18H,4-11H2,1-3H3,(H,20,21). The van der Waals surface area contributed by atoms with E-state index in [0.29, 0.717) is 18.5 Å². The molecule has 0 aromatic heterocycles. The first-order valence-electron chi connectivity index (χ1n) is 8.73. The Balaban J connectivity index is 1.95. The van der Waals surface area contributed by atoms with Gasteiger partial charge in [-0.2, -0.15) is 0 Å². The van der Waals surface area contributed by atoms with Gasteiger partial charge >= 0.3 is 12.1 Å². The smallest absolute Gasteiger partial charge is 0.410 e. The van der Waals surface area contributed by atoms with Crippen LogP contribution in [0.5, 0.6) is 0 Å². The molecule has 0 radical (unpaired) electrons. The maximum atomic E-state index is 12.4. The van der Waals surface area contributed by atoms with E-state index in [1.54, 1.807) is 0 Å². The summed E-state index contributed by atoms with van der Waals surface area (Å²) in [6.45, 7) is 6.93. The van der Waals surface area contributed by atoms with Crippen molar-refractivity contribution in [1.29, 1.82) is 0 Å². The molecule has 0 bridgehead atoms. The summed E-state index contributed by atoms with van der Waals surface area (Å²) < 4.78 is 5.55. The average Bonchev–Trinajstić information content (AvgIpc) is 3.03. The van der Waals surface area contributed by atoms with Gasteiger partial charge in [0.05, 0.1) is 6.42 Å². The van der Waals surface area contributed by atoms with Crippen LogP contribution in [0.1, 0.15) is 59.3 Å². The predicted octanol–water partition coefficient (Wildman–Crippen LogP) is 2.62. The minimum atomic E-state index is -0.775. The number of hydrogen-bond donors (Lipinski definition) is 2. The third-order valence-electron chi connectivity index (χ3n) is 4.74. The number of amides is 1. The Morgan fingerprint density at radius 3 is 2.61 bits per heavy atom. The van der Waals surface area contributed by atoms with Gasteiger partial charge in [-0.05, 0) is 52.4 Å². The van der Waals surface area contributed by atoms with Gasteiger partial charge in [0.25, 0.3) is 0 Å². The summed E-state index contributed by atoms with van der Waals surface area (Å²) in [5, 5.41) is 12.2. The van der Waals surface area contributed by atoms with Crippen LogP contribution in [-0.2, 0) is 9.53 Å². The van der Waals surface area contributed by atoms with Gasteiger partial charge in [-0.1, -0.05) is 6.42 Å². The van der Waals surface area contributed by atoms with Crippen LogP contribution in [0.15, 0.2) is 0 Å². The van der Waals surface area contributed by atoms with E-state index in [-0.39, 0.29) is 18.6 Å².